The van der Waals surface area contributed by atoms with Crippen molar-refractivity contribution in [3.8, 4) is 0 Å². The molecule has 150 valence electrons. The zero-order valence-corrected chi connectivity index (χ0v) is 16.9. The second-order valence-electron chi connectivity index (χ2n) is 7.28. The molecule has 2 aromatic rings. The summed E-state index contributed by atoms with van der Waals surface area (Å²) in [5.74, 6) is 0.836. The summed E-state index contributed by atoms with van der Waals surface area (Å²) in [7, 11) is 3.19. The topological polar surface area (TPSA) is 74.3 Å². The molecule has 3 rings (SSSR count). The van der Waals surface area contributed by atoms with E-state index in [9.17, 15) is 9.59 Å². The average Bonchev–Trinajstić information content (AvgIpc) is 3.03. The molecule has 0 aliphatic carbocycles. The van der Waals surface area contributed by atoms with Gasteiger partial charge in [-0.15, -0.1) is 0 Å². The first-order valence-corrected chi connectivity index (χ1v) is 9.96. The number of likely N-dealkylation sites (tertiary alicyclic amines) is 1. The van der Waals surface area contributed by atoms with Gasteiger partial charge in [0.25, 0.3) is 5.56 Å². The highest BCUT2D eigenvalue weighted by Gasteiger charge is 2.25. The predicted molar refractivity (Wildman–Crippen MR) is 105 cm³/mol. The molecule has 1 saturated heterocycles. The minimum absolute atomic E-state index is 0.297. The van der Waals surface area contributed by atoms with E-state index in [0.29, 0.717) is 43.5 Å². The number of hydrogen-bond donors (Lipinski definition) is 0. The lowest BCUT2D eigenvalue weighted by Crippen LogP contribution is -2.39. The lowest BCUT2D eigenvalue weighted by atomic mass is 10.0. The molecule has 0 amide bonds. The third-order valence-electron chi connectivity index (χ3n) is 5.66. The summed E-state index contributed by atoms with van der Waals surface area (Å²) in [6.45, 7) is 7.61. The number of piperidine rings is 1. The van der Waals surface area contributed by atoms with Crippen molar-refractivity contribution < 1.29 is 4.74 Å². The number of aryl methyl sites for hydroxylation is 1. The van der Waals surface area contributed by atoms with Crippen LogP contribution in [0.5, 0.6) is 0 Å². The first-order chi connectivity index (χ1) is 13.0. The standard InChI is InChI=1S/C19H31N5O3/c1-5-14-9-7-8-10-23(14)13-15-20-17-16(24(15)11-12-27-6-2)18(25)22(4)19(26)21(17)3/h14H,5-13H2,1-4H3/t14-/m1/s1. The molecule has 0 aromatic carbocycles. The molecule has 27 heavy (non-hydrogen) atoms. The number of imidazole rings is 1. The summed E-state index contributed by atoms with van der Waals surface area (Å²) in [4.78, 5) is 32.3. The Morgan fingerprint density at radius 1 is 1.15 bits per heavy atom. The summed E-state index contributed by atoms with van der Waals surface area (Å²) >= 11 is 0. The van der Waals surface area contributed by atoms with Crippen LogP contribution in [0, 0.1) is 0 Å². The number of ether oxygens (including phenoxy) is 1. The van der Waals surface area contributed by atoms with Crippen LogP contribution in [0.1, 0.15) is 45.4 Å². The molecule has 3 heterocycles. The largest absolute Gasteiger partial charge is 0.380 e. The van der Waals surface area contributed by atoms with Crippen LogP contribution in [-0.2, 0) is 31.9 Å². The lowest BCUT2D eigenvalue weighted by Gasteiger charge is -2.34. The highest BCUT2D eigenvalue weighted by molar-refractivity contribution is 5.71. The minimum Gasteiger partial charge on any atom is -0.380 e. The number of fused-ring (bicyclic) bond motifs is 1. The summed E-state index contributed by atoms with van der Waals surface area (Å²) in [6, 6.07) is 0.547. The Balaban J connectivity index is 2.08. The van der Waals surface area contributed by atoms with Gasteiger partial charge in [0, 0.05) is 33.3 Å². The molecule has 8 nitrogen and oxygen atoms in total. The van der Waals surface area contributed by atoms with Crippen molar-refractivity contribution in [2.45, 2.75) is 58.7 Å². The van der Waals surface area contributed by atoms with Crippen LogP contribution in [0.15, 0.2) is 9.59 Å². The van der Waals surface area contributed by atoms with Crippen molar-refractivity contribution in [3.05, 3.63) is 26.7 Å². The van der Waals surface area contributed by atoms with Gasteiger partial charge in [0.1, 0.15) is 5.82 Å². The van der Waals surface area contributed by atoms with Crippen molar-refractivity contribution in [1.29, 1.82) is 0 Å². The maximum atomic E-state index is 12.8. The molecule has 0 bridgehead atoms. The van der Waals surface area contributed by atoms with Crippen molar-refractivity contribution in [2.24, 2.45) is 14.1 Å². The smallest absolute Gasteiger partial charge is 0.332 e. The fraction of sp³-hybridized carbons (Fsp3) is 0.737. The third kappa shape index (κ3) is 3.73. The first kappa shape index (κ1) is 19.8. The van der Waals surface area contributed by atoms with Gasteiger partial charge in [-0.05, 0) is 32.7 Å². The van der Waals surface area contributed by atoms with Crippen LogP contribution in [0.25, 0.3) is 11.2 Å². The van der Waals surface area contributed by atoms with E-state index in [4.69, 9.17) is 9.72 Å². The van der Waals surface area contributed by atoms with Gasteiger partial charge in [-0.25, -0.2) is 9.78 Å². The molecule has 1 aliphatic heterocycles. The third-order valence-corrected chi connectivity index (χ3v) is 5.66. The number of hydrogen-bond acceptors (Lipinski definition) is 5. The molecule has 0 radical (unpaired) electrons. The predicted octanol–water partition coefficient (Wildman–Crippen LogP) is 1.23. The van der Waals surface area contributed by atoms with Crippen LogP contribution < -0.4 is 11.2 Å². The summed E-state index contributed by atoms with van der Waals surface area (Å²) in [5.41, 5.74) is 0.297. The van der Waals surface area contributed by atoms with Crippen LogP contribution in [-0.4, -0.2) is 49.4 Å². The highest BCUT2D eigenvalue weighted by Crippen LogP contribution is 2.22. The summed E-state index contributed by atoms with van der Waals surface area (Å²) in [5, 5.41) is 0. The quantitative estimate of drug-likeness (QED) is 0.679. The van der Waals surface area contributed by atoms with Crippen molar-refractivity contribution in [3.63, 3.8) is 0 Å². The molecule has 1 fully saturated rings. The molecule has 0 N–H and O–H groups in total. The van der Waals surface area contributed by atoms with Crippen molar-refractivity contribution >= 4 is 11.2 Å². The van der Waals surface area contributed by atoms with Gasteiger partial charge in [-0.1, -0.05) is 13.3 Å². The zero-order chi connectivity index (χ0) is 19.6. The fourth-order valence-electron chi connectivity index (χ4n) is 4.07. The lowest BCUT2D eigenvalue weighted by molar-refractivity contribution is 0.124. The van der Waals surface area contributed by atoms with Gasteiger partial charge >= 0.3 is 5.69 Å². The molecule has 0 saturated carbocycles. The highest BCUT2D eigenvalue weighted by atomic mass is 16.5. The van der Waals surface area contributed by atoms with E-state index < -0.39 is 0 Å². The van der Waals surface area contributed by atoms with Crippen LogP contribution in [0.2, 0.25) is 0 Å². The van der Waals surface area contributed by atoms with Crippen LogP contribution in [0.3, 0.4) is 0 Å². The molecule has 1 atom stereocenters. The normalized spacial score (nSPS) is 18.4. The molecule has 1 aliphatic rings. The van der Waals surface area contributed by atoms with Crippen molar-refractivity contribution in [2.75, 3.05) is 19.8 Å². The maximum absolute atomic E-state index is 12.8. The Labute approximate surface area is 159 Å². The van der Waals surface area contributed by atoms with Gasteiger partial charge in [0.2, 0.25) is 0 Å². The second kappa shape index (κ2) is 8.39. The summed E-state index contributed by atoms with van der Waals surface area (Å²) in [6.07, 6.45) is 4.77. The van der Waals surface area contributed by atoms with E-state index in [1.54, 1.807) is 7.05 Å². The molecule has 2 aromatic heterocycles. The summed E-state index contributed by atoms with van der Waals surface area (Å²) < 4.78 is 10.1. The van der Waals surface area contributed by atoms with E-state index in [1.807, 2.05) is 11.5 Å². The van der Waals surface area contributed by atoms with E-state index in [0.717, 1.165) is 23.4 Å². The molecule has 8 heteroatoms. The zero-order valence-electron chi connectivity index (χ0n) is 16.9. The van der Waals surface area contributed by atoms with E-state index in [2.05, 4.69) is 11.8 Å². The van der Waals surface area contributed by atoms with Crippen molar-refractivity contribution in [1.82, 2.24) is 23.6 Å². The number of nitrogens with zero attached hydrogens (tertiary/aromatic N) is 5. The Bertz CT molecular complexity index is 911. The Morgan fingerprint density at radius 2 is 1.93 bits per heavy atom. The number of aromatic nitrogens is 4. The average molecular weight is 377 g/mol. The van der Waals surface area contributed by atoms with E-state index >= 15 is 0 Å². The first-order valence-electron chi connectivity index (χ1n) is 9.96. The molecule has 0 spiro atoms. The van der Waals surface area contributed by atoms with Gasteiger partial charge in [-0.3, -0.25) is 18.8 Å². The van der Waals surface area contributed by atoms with Gasteiger partial charge in [-0.2, -0.15) is 0 Å². The maximum Gasteiger partial charge on any atom is 0.332 e. The molecular weight excluding hydrogens is 346 g/mol. The van der Waals surface area contributed by atoms with Gasteiger partial charge < -0.3 is 9.30 Å². The molecule has 0 unspecified atom stereocenters. The van der Waals surface area contributed by atoms with Gasteiger partial charge in [0.15, 0.2) is 11.2 Å². The second-order valence-corrected chi connectivity index (χ2v) is 7.28. The Kier molecular flexibility index (Phi) is 6.16. The van der Waals surface area contributed by atoms with E-state index in [1.165, 1.54) is 30.9 Å². The van der Waals surface area contributed by atoms with Crippen LogP contribution >= 0.6 is 0 Å². The van der Waals surface area contributed by atoms with Crippen LogP contribution in [0.4, 0.5) is 0 Å². The fourth-order valence-corrected chi connectivity index (χ4v) is 4.07. The van der Waals surface area contributed by atoms with Gasteiger partial charge in [0.05, 0.1) is 13.2 Å². The Morgan fingerprint density at radius 3 is 2.63 bits per heavy atom. The SMILES string of the molecule is CCOCCn1c(CN2CCCC[C@H]2CC)nc2c1c(=O)n(C)c(=O)n2C. The minimum atomic E-state index is -0.349. The monoisotopic (exact) mass is 377 g/mol. The van der Waals surface area contributed by atoms with E-state index in [-0.39, 0.29) is 11.2 Å². The molecular formula is C19H31N5O3. The Hall–Kier alpha value is -1.93. The number of rotatable bonds is 7.